The van der Waals surface area contributed by atoms with Crippen molar-refractivity contribution in [3.63, 3.8) is 0 Å². The van der Waals surface area contributed by atoms with Gasteiger partial charge in [-0.3, -0.25) is 0 Å². The molecular formula is C17H25N3. The Morgan fingerprint density at radius 2 is 1.85 bits per heavy atom. The first kappa shape index (κ1) is 14.8. The number of para-hydroxylation sites is 1. The monoisotopic (exact) mass is 271 g/mol. The van der Waals surface area contributed by atoms with Gasteiger partial charge in [0.25, 0.3) is 0 Å². The molecule has 1 heterocycles. The lowest BCUT2D eigenvalue weighted by atomic mass is 10.1. The van der Waals surface area contributed by atoms with Crippen molar-refractivity contribution in [1.29, 1.82) is 0 Å². The zero-order chi connectivity index (χ0) is 14.4. The molecule has 1 aromatic heterocycles. The van der Waals surface area contributed by atoms with E-state index in [1.807, 2.05) is 12.1 Å². The van der Waals surface area contributed by atoms with E-state index in [-0.39, 0.29) is 0 Å². The van der Waals surface area contributed by atoms with Crippen LogP contribution in [-0.4, -0.2) is 16.5 Å². The molecule has 2 aromatic rings. The lowest BCUT2D eigenvalue weighted by Gasteiger charge is -2.12. The van der Waals surface area contributed by atoms with E-state index < -0.39 is 0 Å². The molecule has 108 valence electrons. The predicted molar refractivity (Wildman–Crippen MR) is 86.3 cm³/mol. The molecule has 1 aromatic carbocycles. The second kappa shape index (κ2) is 7.22. The van der Waals surface area contributed by atoms with E-state index in [0.717, 1.165) is 29.1 Å². The Balaban J connectivity index is 2.17. The minimum atomic E-state index is 0.347. The van der Waals surface area contributed by atoms with E-state index in [1.165, 1.54) is 25.7 Å². The van der Waals surface area contributed by atoms with Crippen molar-refractivity contribution >= 4 is 16.7 Å². The third kappa shape index (κ3) is 3.69. The third-order valence-corrected chi connectivity index (χ3v) is 3.46. The van der Waals surface area contributed by atoms with Crippen molar-refractivity contribution in [3.05, 3.63) is 30.1 Å². The highest BCUT2D eigenvalue weighted by atomic mass is 15.0. The number of nitrogens with one attached hydrogen (secondary N) is 1. The molecule has 0 saturated carbocycles. The van der Waals surface area contributed by atoms with Crippen LogP contribution in [0.15, 0.2) is 24.3 Å². The molecule has 20 heavy (non-hydrogen) atoms. The van der Waals surface area contributed by atoms with Gasteiger partial charge in [-0.2, -0.15) is 0 Å². The van der Waals surface area contributed by atoms with Gasteiger partial charge in [-0.25, -0.2) is 9.97 Å². The number of benzene rings is 1. The number of aromatic nitrogens is 2. The molecule has 0 amide bonds. The Bertz CT molecular complexity index is 549. The van der Waals surface area contributed by atoms with Crippen LogP contribution in [0, 0.1) is 0 Å². The van der Waals surface area contributed by atoms with E-state index in [4.69, 9.17) is 4.98 Å². The number of hydrogen-bond donors (Lipinski definition) is 1. The van der Waals surface area contributed by atoms with Crippen LogP contribution < -0.4 is 5.32 Å². The quantitative estimate of drug-likeness (QED) is 0.739. The summed E-state index contributed by atoms with van der Waals surface area (Å²) in [7, 11) is 0. The largest absolute Gasteiger partial charge is 0.369 e. The van der Waals surface area contributed by atoms with Crippen molar-refractivity contribution < 1.29 is 0 Å². The molecule has 3 heteroatoms. The van der Waals surface area contributed by atoms with Gasteiger partial charge in [0, 0.05) is 17.8 Å². The molecule has 3 nitrogen and oxygen atoms in total. The number of unbranched alkanes of at least 4 members (excludes halogenated alkanes) is 3. The van der Waals surface area contributed by atoms with Gasteiger partial charge >= 0.3 is 0 Å². The van der Waals surface area contributed by atoms with Crippen LogP contribution in [0.3, 0.4) is 0 Å². The molecule has 0 unspecified atom stereocenters. The summed E-state index contributed by atoms with van der Waals surface area (Å²) < 4.78 is 0. The summed E-state index contributed by atoms with van der Waals surface area (Å²) >= 11 is 0. The highest BCUT2D eigenvalue weighted by molar-refractivity contribution is 5.89. The highest BCUT2D eigenvalue weighted by Crippen LogP contribution is 2.22. The summed E-state index contributed by atoms with van der Waals surface area (Å²) in [5, 5.41) is 4.61. The summed E-state index contributed by atoms with van der Waals surface area (Å²) in [4.78, 5) is 9.34. The molecular weight excluding hydrogens is 246 g/mol. The van der Waals surface area contributed by atoms with Gasteiger partial charge in [0.1, 0.15) is 11.6 Å². The van der Waals surface area contributed by atoms with Crippen molar-refractivity contribution in [3.8, 4) is 0 Å². The fourth-order valence-electron chi connectivity index (χ4n) is 2.25. The van der Waals surface area contributed by atoms with Crippen molar-refractivity contribution in [2.24, 2.45) is 0 Å². The SMILES string of the molecule is CCCCCCNc1nc(C(C)C)nc2ccccc12. The van der Waals surface area contributed by atoms with Crippen molar-refractivity contribution in [2.75, 3.05) is 11.9 Å². The summed E-state index contributed by atoms with van der Waals surface area (Å²) in [6.45, 7) is 7.49. The number of nitrogens with zero attached hydrogens (tertiary/aromatic N) is 2. The first-order valence-electron chi connectivity index (χ1n) is 7.73. The second-order valence-electron chi connectivity index (χ2n) is 5.59. The van der Waals surface area contributed by atoms with E-state index in [0.29, 0.717) is 5.92 Å². The van der Waals surface area contributed by atoms with Crippen LogP contribution in [0.1, 0.15) is 58.2 Å². The maximum Gasteiger partial charge on any atom is 0.137 e. The fraction of sp³-hybridized carbons (Fsp3) is 0.529. The second-order valence-corrected chi connectivity index (χ2v) is 5.59. The zero-order valence-electron chi connectivity index (χ0n) is 12.8. The fourth-order valence-corrected chi connectivity index (χ4v) is 2.25. The van der Waals surface area contributed by atoms with Crippen LogP contribution in [0.4, 0.5) is 5.82 Å². The average molecular weight is 271 g/mol. The smallest absolute Gasteiger partial charge is 0.137 e. The van der Waals surface area contributed by atoms with Gasteiger partial charge in [-0.05, 0) is 18.6 Å². The van der Waals surface area contributed by atoms with Crippen LogP contribution in [0.25, 0.3) is 10.9 Å². The number of fused-ring (bicyclic) bond motifs is 1. The Kier molecular flexibility index (Phi) is 5.33. The van der Waals surface area contributed by atoms with Gasteiger partial charge in [-0.1, -0.05) is 52.2 Å². The number of rotatable bonds is 7. The van der Waals surface area contributed by atoms with Crippen molar-refractivity contribution in [2.45, 2.75) is 52.4 Å². The minimum absolute atomic E-state index is 0.347. The van der Waals surface area contributed by atoms with Gasteiger partial charge in [0.05, 0.1) is 5.52 Å². The zero-order valence-corrected chi connectivity index (χ0v) is 12.8. The van der Waals surface area contributed by atoms with E-state index in [2.05, 4.69) is 43.2 Å². The normalized spacial score (nSPS) is 11.2. The van der Waals surface area contributed by atoms with Gasteiger partial charge in [-0.15, -0.1) is 0 Å². The first-order valence-corrected chi connectivity index (χ1v) is 7.73. The molecule has 0 radical (unpaired) electrons. The maximum absolute atomic E-state index is 4.70. The van der Waals surface area contributed by atoms with Crippen LogP contribution in [-0.2, 0) is 0 Å². The maximum atomic E-state index is 4.70. The van der Waals surface area contributed by atoms with Crippen molar-refractivity contribution in [1.82, 2.24) is 9.97 Å². The Hall–Kier alpha value is -1.64. The topological polar surface area (TPSA) is 37.8 Å². The van der Waals surface area contributed by atoms with Gasteiger partial charge in [0.15, 0.2) is 0 Å². The molecule has 0 bridgehead atoms. The summed E-state index contributed by atoms with van der Waals surface area (Å²) in [5.74, 6) is 2.25. The Labute approximate surface area is 121 Å². The molecule has 0 aliphatic rings. The summed E-state index contributed by atoms with van der Waals surface area (Å²) in [6, 6.07) is 8.23. The van der Waals surface area contributed by atoms with Gasteiger partial charge in [0.2, 0.25) is 0 Å². The van der Waals surface area contributed by atoms with E-state index in [9.17, 15) is 0 Å². The van der Waals surface area contributed by atoms with E-state index >= 15 is 0 Å². The summed E-state index contributed by atoms with van der Waals surface area (Å²) in [6.07, 6.45) is 5.06. The highest BCUT2D eigenvalue weighted by Gasteiger charge is 2.09. The molecule has 0 aliphatic heterocycles. The molecule has 0 fully saturated rings. The van der Waals surface area contributed by atoms with Gasteiger partial charge < -0.3 is 5.32 Å². The average Bonchev–Trinajstić information content (AvgIpc) is 2.46. The molecule has 0 spiro atoms. The van der Waals surface area contributed by atoms with E-state index in [1.54, 1.807) is 0 Å². The van der Waals surface area contributed by atoms with Crippen LogP contribution in [0.5, 0.6) is 0 Å². The van der Waals surface area contributed by atoms with Crippen LogP contribution in [0.2, 0.25) is 0 Å². The first-order chi connectivity index (χ1) is 9.72. The Morgan fingerprint density at radius 3 is 2.60 bits per heavy atom. The Morgan fingerprint density at radius 1 is 1.05 bits per heavy atom. The summed E-state index contributed by atoms with van der Waals surface area (Å²) in [5.41, 5.74) is 1.03. The van der Waals surface area contributed by atoms with Crippen LogP contribution >= 0.6 is 0 Å². The minimum Gasteiger partial charge on any atom is -0.369 e. The third-order valence-electron chi connectivity index (χ3n) is 3.46. The molecule has 0 atom stereocenters. The molecule has 0 saturated heterocycles. The number of anilines is 1. The molecule has 2 rings (SSSR count). The molecule has 1 N–H and O–H groups in total. The lowest BCUT2D eigenvalue weighted by molar-refractivity contribution is 0.683. The molecule has 0 aliphatic carbocycles. The standard InChI is InChI=1S/C17H25N3/c1-4-5-6-9-12-18-17-14-10-7-8-11-15(14)19-16(20-17)13(2)3/h7-8,10-11,13H,4-6,9,12H2,1-3H3,(H,18,19,20). The lowest BCUT2D eigenvalue weighted by Crippen LogP contribution is -2.07. The number of hydrogen-bond acceptors (Lipinski definition) is 3. The predicted octanol–water partition coefficient (Wildman–Crippen LogP) is 4.75.